The molecule has 0 saturated heterocycles. The van der Waals surface area contributed by atoms with Gasteiger partial charge in [-0.15, -0.1) is 0 Å². The predicted octanol–water partition coefficient (Wildman–Crippen LogP) is 15.6. The van der Waals surface area contributed by atoms with E-state index in [1.165, 1.54) is 126 Å². The molecule has 5 aromatic carbocycles. The van der Waals surface area contributed by atoms with Crippen LogP contribution in [0, 0.1) is 13.8 Å². The van der Waals surface area contributed by atoms with Gasteiger partial charge in [-0.2, -0.15) is 0 Å². The highest BCUT2D eigenvalue weighted by Crippen LogP contribution is 2.56. The molecule has 3 aliphatic carbocycles. The van der Waals surface area contributed by atoms with E-state index in [0.717, 1.165) is 6.42 Å². The van der Waals surface area contributed by atoms with E-state index >= 15 is 0 Å². The van der Waals surface area contributed by atoms with Gasteiger partial charge in [-0.25, -0.2) is 0 Å². The summed E-state index contributed by atoms with van der Waals surface area (Å²) in [6.07, 6.45) is 5.94. The number of aryl methyl sites for hydroxylation is 1. The van der Waals surface area contributed by atoms with Crippen molar-refractivity contribution in [3.63, 3.8) is 0 Å². The summed E-state index contributed by atoms with van der Waals surface area (Å²) in [6.45, 7) is 49.1. The third-order valence-corrected chi connectivity index (χ3v) is 18.2. The predicted molar refractivity (Wildman–Crippen MR) is 289 cm³/mol. The zero-order chi connectivity index (χ0) is 48.0. The Morgan fingerprint density at radius 1 is 0.409 bits per heavy atom. The van der Waals surface area contributed by atoms with Gasteiger partial charge in [0.15, 0.2) is 0 Å². The SMILES string of the molecule is Cc1cc2c(cc1N1c3cc(C(C)(C)C)ccc3B3c4cc5c(cc4N(c4ccc6c(c4C)C(C)(C)CCC6(C)C)c4cc(C(C)(C)C)cc1c43)C(C)(C)CC5(C)C)C(C)(C)CCC2(C)C. The number of hydrogen-bond acceptors (Lipinski definition) is 2. The minimum atomic E-state index is -0.0933. The molecule has 5 aliphatic rings. The molecule has 0 atom stereocenters. The van der Waals surface area contributed by atoms with Crippen LogP contribution in [-0.2, 0) is 43.3 Å². The summed E-state index contributed by atoms with van der Waals surface area (Å²) in [5.74, 6) is 0. The van der Waals surface area contributed by atoms with Gasteiger partial charge in [0.05, 0.1) is 0 Å². The molecular weight excluding hydrogens is 796 g/mol. The minimum absolute atomic E-state index is 0.0136. The lowest BCUT2D eigenvalue weighted by molar-refractivity contribution is 0.330. The second kappa shape index (κ2) is 13.7. The van der Waals surface area contributed by atoms with E-state index in [4.69, 9.17) is 0 Å². The smallest absolute Gasteiger partial charge is 0.252 e. The molecule has 0 unspecified atom stereocenters. The van der Waals surface area contributed by atoms with Crippen LogP contribution < -0.4 is 26.2 Å². The van der Waals surface area contributed by atoms with Crippen LogP contribution in [-0.4, -0.2) is 6.71 Å². The molecule has 2 aliphatic heterocycles. The number of anilines is 6. The fourth-order valence-corrected chi connectivity index (χ4v) is 14.1. The van der Waals surface area contributed by atoms with Crippen molar-refractivity contribution in [2.75, 3.05) is 9.80 Å². The van der Waals surface area contributed by atoms with E-state index < -0.39 is 0 Å². The van der Waals surface area contributed by atoms with Crippen molar-refractivity contribution in [3.05, 3.63) is 122 Å². The first-order chi connectivity index (χ1) is 30.3. The van der Waals surface area contributed by atoms with Crippen molar-refractivity contribution < 1.29 is 0 Å². The number of hydrogen-bond donors (Lipinski definition) is 0. The zero-order valence-corrected chi connectivity index (χ0v) is 44.9. The lowest BCUT2D eigenvalue weighted by Gasteiger charge is -2.48. The zero-order valence-electron chi connectivity index (χ0n) is 44.9. The fraction of sp³-hybridized carbons (Fsp3) is 0.524. The molecule has 10 rings (SSSR count). The molecule has 0 radical (unpaired) electrons. The molecule has 66 heavy (non-hydrogen) atoms. The first-order valence-corrected chi connectivity index (χ1v) is 25.7. The summed E-state index contributed by atoms with van der Waals surface area (Å²) in [5, 5.41) is 0. The van der Waals surface area contributed by atoms with Gasteiger partial charge in [-0.1, -0.05) is 155 Å². The Bertz CT molecular complexity index is 2900. The van der Waals surface area contributed by atoms with Crippen molar-refractivity contribution >= 4 is 57.2 Å². The van der Waals surface area contributed by atoms with Crippen LogP contribution in [0.3, 0.4) is 0 Å². The lowest BCUT2D eigenvalue weighted by Crippen LogP contribution is -2.62. The van der Waals surface area contributed by atoms with E-state index in [0.29, 0.717) is 0 Å². The summed E-state index contributed by atoms with van der Waals surface area (Å²) in [4.78, 5) is 5.52. The largest absolute Gasteiger partial charge is 0.311 e. The van der Waals surface area contributed by atoms with E-state index in [9.17, 15) is 0 Å². The topological polar surface area (TPSA) is 6.48 Å². The Morgan fingerprint density at radius 3 is 1.44 bits per heavy atom. The van der Waals surface area contributed by atoms with Crippen LogP contribution in [0.2, 0.25) is 0 Å². The molecule has 0 amide bonds. The monoisotopic (exact) mass is 877 g/mol. The van der Waals surface area contributed by atoms with Gasteiger partial charge in [0.1, 0.15) is 0 Å². The Labute approximate surface area is 401 Å². The Hall–Kier alpha value is -4.24. The number of nitrogens with zero attached hydrogens (tertiary/aromatic N) is 2. The molecule has 5 aromatic rings. The molecule has 0 spiro atoms. The van der Waals surface area contributed by atoms with E-state index in [1.807, 2.05) is 0 Å². The number of rotatable bonds is 2. The van der Waals surface area contributed by atoms with Gasteiger partial charge >= 0.3 is 0 Å². The highest BCUT2D eigenvalue weighted by Gasteiger charge is 2.50. The van der Waals surface area contributed by atoms with Gasteiger partial charge in [-0.05, 0) is 198 Å². The Balaban J connectivity index is 1.37. The van der Waals surface area contributed by atoms with Crippen LogP contribution in [0.25, 0.3) is 0 Å². The van der Waals surface area contributed by atoms with Gasteiger partial charge in [-0.3, -0.25) is 0 Å². The van der Waals surface area contributed by atoms with Gasteiger partial charge in [0, 0.05) is 34.1 Å². The maximum Gasteiger partial charge on any atom is 0.252 e. The van der Waals surface area contributed by atoms with E-state index in [1.54, 1.807) is 5.56 Å². The average Bonchev–Trinajstić information content (AvgIpc) is 3.38. The maximum absolute atomic E-state index is 2.77. The summed E-state index contributed by atoms with van der Waals surface area (Å²) in [5.41, 5.74) is 27.5. The molecule has 2 heterocycles. The Morgan fingerprint density at radius 2 is 0.864 bits per heavy atom. The van der Waals surface area contributed by atoms with Crippen LogP contribution in [0.4, 0.5) is 34.1 Å². The molecule has 0 N–H and O–H groups in total. The van der Waals surface area contributed by atoms with Crippen LogP contribution in [0.5, 0.6) is 0 Å². The number of fused-ring (bicyclic) bond motifs is 7. The van der Waals surface area contributed by atoms with Crippen molar-refractivity contribution in [1.29, 1.82) is 0 Å². The molecule has 0 saturated carbocycles. The van der Waals surface area contributed by atoms with Crippen LogP contribution in [0.15, 0.2) is 66.7 Å². The quantitative estimate of drug-likeness (QED) is 0.160. The molecule has 2 nitrogen and oxygen atoms in total. The van der Waals surface area contributed by atoms with E-state index in [2.05, 4.69) is 215 Å². The normalized spacial score (nSPS) is 21.1. The minimum Gasteiger partial charge on any atom is -0.311 e. The molecule has 0 fully saturated rings. The van der Waals surface area contributed by atoms with Crippen LogP contribution in [0.1, 0.15) is 212 Å². The van der Waals surface area contributed by atoms with Gasteiger partial charge < -0.3 is 9.80 Å². The van der Waals surface area contributed by atoms with E-state index in [-0.39, 0.29) is 50.0 Å². The number of benzene rings is 5. The maximum atomic E-state index is 2.77. The summed E-state index contributed by atoms with van der Waals surface area (Å²) in [6, 6.07) is 28.4. The highest BCUT2D eigenvalue weighted by atomic mass is 15.2. The van der Waals surface area contributed by atoms with Crippen molar-refractivity contribution in [2.45, 2.75) is 214 Å². The molecular formula is C63H81BN2. The molecule has 346 valence electrons. The summed E-state index contributed by atoms with van der Waals surface area (Å²) < 4.78 is 0. The van der Waals surface area contributed by atoms with Crippen LogP contribution >= 0.6 is 0 Å². The summed E-state index contributed by atoms with van der Waals surface area (Å²) in [7, 11) is 0. The van der Waals surface area contributed by atoms with Gasteiger partial charge in [0.25, 0.3) is 6.71 Å². The highest BCUT2D eigenvalue weighted by molar-refractivity contribution is 7.00. The average molecular weight is 877 g/mol. The lowest BCUT2D eigenvalue weighted by atomic mass is 9.33. The molecule has 0 bridgehead atoms. The molecule has 3 heteroatoms. The third-order valence-electron chi connectivity index (χ3n) is 18.2. The standard InChI is InChI=1S/C63H81BN2/c1-37-29-42-44(60(13,14)26-25-59(42,11)12)34-49(37)66-50-30-39(56(3,4)5)21-23-46(50)64-47-33-43-45(63(19,20)36-62(43,17)18)35-51(47)65(52-31-40(57(6,7)8)32-53(66)55(52)64)48-24-22-41-54(38(48)2)61(15,16)28-27-58(41,9)10/h21-24,29-35H,25-28,36H2,1-20H3. The van der Waals surface area contributed by atoms with Gasteiger partial charge in [0.2, 0.25) is 0 Å². The second-order valence-electron chi connectivity index (χ2n) is 28.1. The Kier molecular flexibility index (Phi) is 9.47. The van der Waals surface area contributed by atoms with Crippen molar-refractivity contribution in [2.24, 2.45) is 0 Å². The second-order valence-corrected chi connectivity index (χ2v) is 28.1. The first-order valence-electron chi connectivity index (χ1n) is 25.7. The first kappa shape index (κ1) is 45.5. The third kappa shape index (κ3) is 6.53. The fourth-order valence-electron chi connectivity index (χ4n) is 14.1. The molecule has 0 aromatic heterocycles. The summed E-state index contributed by atoms with van der Waals surface area (Å²) >= 11 is 0. The van der Waals surface area contributed by atoms with Crippen molar-refractivity contribution in [3.8, 4) is 0 Å². The van der Waals surface area contributed by atoms with Crippen molar-refractivity contribution in [1.82, 2.24) is 0 Å².